The van der Waals surface area contributed by atoms with Crippen LogP contribution in [0.1, 0.15) is 5.56 Å². The number of rotatable bonds is 0. The van der Waals surface area contributed by atoms with E-state index in [2.05, 4.69) is 42.2 Å². The lowest BCUT2D eigenvalue weighted by molar-refractivity contribution is 1.52. The van der Waals surface area contributed by atoms with Crippen LogP contribution in [0.2, 0.25) is 0 Å². The van der Waals surface area contributed by atoms with Crippen molar-refractivity contribution in [3.63, 3.8) is 0 Å². The Morgan fingerprint density at radius 2 is 2.00 bits per heavy atom. The number of hydrogen-bond acceptors (Lipinski definition) is 0. The fourth-order valence-corrected chi connectivity index (χ4v) is 1.54. The molecular weight excluding hydrogens is 126 g/mol. The Hall–Kier alpha value is -0.285. The van der Waals surface area contributed by atoms with Gasteiger partial charge in [-0.2, -0.15) is 0 Å². The molecule has 0 N–H and O–H groups in total. The second kappa shape index (κ2) is 2.53. The molecule has 1 rings (SSSR count). The smallest absolute Gasteiger partial charge is 0.106 e. The van der Waals surface area contributed by atoms with E-state index < -0.39 is 0 Å². The summed E-state index contributed by atoms with van der Waals surface area (Å²) in [5, 5.41) is 1.27. The highest BCUT2D eigenvalue weighted by atomic mass is 31.0. The van der Waals surface area contributed by atoms with Gasteiger partial charge in [-0.05, 0) is 12.2 Å². The Balaban J connectivity index is 3.17. The summed E-state index contributed by atoms with van der Waals surface area (Å²) in [5.41, 5.74) is 2.67. The van der Waals surface area contributed by atoms with Crippen molar-refractivity contribution in [2.75, 3.05) is 0 Å². The van der Waals surface area contributed by atoms with E-state index in [0.29, 0.717) is 0 Å². The zero-order valence-electron chi connectivity index (χ0n) is 5.81. The predicted molar refractivity (Wildman–Crippen MR) is 48.7 cm³/mol. The lowest BCUT2D eigenvalue weighted by Gasteiger charge is -1.96. The molecule has 1 aromatic rings. The minimum atomic E-state index is 1.27. The molecule has 0 nitrogen and oxygen atoms in total. The van der Waals surface area contributed by atoms with Gasteiger partial charge >= 0.3 is 0 Å². The van der Waals surface area contributed by atoms with Gasteiger partial charge in [-0.15, -0.1) is 9.24 Å². The molecular formula is C7H10BP. The fraction of sp³-hybridized carbons (Fsp3) is 0.143. The normalized spacial score (nSPS) is 9.56. The lowest BCUT2D eigenvalue weighted by Crippen LogP contribution is -2.08. The highest BCUT2D eigenvalue weighted by molar-refractivity contribution is 7.27. The molecule has 0 heterocycles. The molecule has 0 spiro atoms. The van der Waals surface area contributed by atoms with Crippen LogP contribution in [-0.4, -0.2) is 7.85 Å². The number of aryl methyl sites for hydroxylation is 1. The Kier molecular flexibility index (Phi) is 1.92. The first kappa shape index (κ1) is 6.83. The van der Waals surface area contributed by atoms with Gasteiger partial charge in [0.15, 0.2) is 0 Å². The van der Waals surface area contributed by atoms with Gasteiger partial charge in [0, 0.05) is 0 Å². The molecule has 0 aliphatic carbocycles. The summed E-state index contributed by atoms with van der Waals surface area (Å²) in [4.78, 5) is 0. The summed E-state index contributed by atoms with van der Waals surface area (Å²) in [7, 11) is 4.81. The molecule has 0 bridgehead atoms. The van der Waals surface area contributed by atoms with Gasteiger partial charge < -0.3 is 0 Å². The molecule has 0 aliphatic rings. The first-order valence-corrected chi connectivity index (χ1v) is 3.60. The van der Waals surface area contributed by atoms with Gasteiger partial charge in [-0.25, -0.2) is 0 Å². The van der Waals surface area contributed by atoms with Gasteiger partial charge in [0.25, 0.3) is 0 Å². The third-order valence-electron chi connectivity index (χ3n) is 1.24. The van der Waals surface area contributed by atoms with Crippen LogP contribution in [0.25, 0.3) is 0 Å². The van der Waals surface area contributed by atoms with E-state index in [1.54, 1.807) is 0 Å². The minimum Gasteiger partial charge on any atom is -0.106 e. The number of benzene rings is 1. The molecule has 46 valence electrons. The summed E-state index contributed by atoms with van der Waals surface area (Å²) >= 11 is 0. The largest absolute Gasteiger partial charge is 0.139 e. The second-order valence-electron chi connectivity index (χ2n) is 2.42. The molecule has 1 unspecified atom stereocenters. The second-order valence-corrected chi connectivity index (χ2v) is 3.09. The number of hydrogen-bond donors (Lipinski definition) is 0. The van der Waals surface area contributed by atoms with Crippen LogP contribution >= 0.6 is 9.24 Å². The van der Waals surface area contributed by atoms with E-state index >= 15 is 0 Å². The van der Waals surface area contributed by atoms with Gasteiger partial charge in [0.2, 0.25) is 0 Å². The van der Waals surface area contributed by atoms with Crippen molar-refractivity contribution in [3.8, 4) is 0 Å². The quantitative estimate of drug-likeness (QED) is 0.341. The van der Waals surface area contributed by atoms with E-state index in [1.807, 2.05) is 0 Å². The summed E-state index contributed by atoms with van der Waals surface area (Å²) in [6.07, 6.45) is 0. The van der Waals surface area contributed by atoms with Crippen LogP contribution in [-0.2, 0) is 0 Å². The van der Waals surface area contributed by atoms with E-state index in [4.69, 9.17) is 0 Å². The molecule has 0 amide bonds. The van der Waals surface area contributed by atoms with Crippen molar-refractivity contribution >= 4 is 27.9 Å². The van der Waals surface area contributed by atoms with Crippen molar-refractivity contribution in [3.05, 3.63) is 23.8 Å². The van der Waals surface area contributed by atoms with Crippen molar-refractivity contribution < 1.29 is 0 Å². The van der Waals surface area contributed by atoms with Crippen molar-refractivity contribution in [1.29, 1.82) is 0 Å². The van der Waals surface area contributed by atoms with Crippen LogP contribution < -0.4 is 10.8 Å². The first-order valence-electron chi connectivity index (χ1n) is 3.02. The maximum Gasteiger partial charge on any atom is 0.139 e. The van der Waals surface area contributed by atoms with Crippen molar-refractivity contribution in [1.82, 2.24) is 0 Å². The van der Waals surface area contributed by atoms with Crippen LogP contribution in [0.5, 0.6) is 0 Å². The average molecular weight is 136 g/mol. The molecule has 0 aromatic heterocycles. The monoisotopic (exact) mass is 136 g/mol. The van der Waals surface area contributed by atoms with E-state index in [9.17, 15) is 0 Å². The maximum atomic E-state index is 2.70. The Labute approximate surface area is 59.3 Å². The Bertz CT molecular complexity index is 170. The summed E-state index contributed by atoms with van der Waals surface area (Å²) < 4.78 is 0. The summed E-state index contributed by atoms with van der Waals surface area (Å²) in [6.45, 7) is 2.11. The predicted octanol–water partition coefficient (Wildman–Crippen LogP) is -0.246. The third kappa shape index (κ3) is 1.84. The van der Waals surface area contributed by atoms with Crippen LogP contribution in [0.15, 0.2) is 18.2 Å². The summed E-state index contributed by atoms with van der Waals surface area (Å²) in [6, 6.07) is 6.48. The highest BCUT2D eigenvalue weighted by Crippen LogP contribution is 1.93. The Morgan fingerprint density at radius 1 is 1.33 bits per heavy atom. The Morgan fingerprint density at radius 3 is 2.44 bits per heavy atom. The fourth-order valence-electron chi connectivity index (χ4n) is 1.01. The lowest BCUT2D eigenvalue weighted by atomic mass is 9.95. The molecule has 0 aliphatic heterocycles. The molecule has 1 aromatic carbocycles. The van der Waals surface area contributed by atoms with Crippen LogP contribution in [0.4, 0.5) is 0 Å². The molecule has 0 saturated carbocycles. The molecule has 1 atom stereocenters. The van der Waals surface area contributed by atoms with Gasteiger partial charge in [0.1, 0.15) is 7.85 Å². The maximum absolute atomic E-state index is 2.70. The zero-order valence-corrected chi connectivity index (χ0v) is 6.96. The van der Waals surface area contributed by atoms with Gasteiger partial charge in [-0.1, -0.05) is 29.2 Å². The first-order chi connectivity index (χ1) is 4.18. The zero-order chi connectivity index (χ0) is 6.85. The van der Waals surface area contributed by atoms with E-state index in [0.717, 1.165) is 0 Å². The van der Waals surface area contributed by atoms with Crippen LogP contribution in [0, 0.1) is 6.92 Å². The van der Waals surface area contributed by atoms with E-state index in [1.165, 1.54) is 16.3 Å². The minimum absolute atomic E-state index is 1.27. The van der Waals surface area contributed by atoms with E-state index in [-0.39, 0.29) is 0 Å². The molecule has 2 heteroatoms. The molecule has 0 fully saturated rings. The van der Waals surface area contributed by atoms with Crippen molar-refractivity contribution in [2.24, 2.45) is 0 Å². The third-order valence-corrected chi connectivity index (χ3v) is 1.58. The SMILES string of the molecule is Bc1cc(C)cc(P)c1. The topological polar surface area (TPSA) is 0 Å². The molecule has 9 heavy (non-hydrogen) atoms. The molecule has 0 saturated heterocycles. The van der Waals surface area contributed by atoms with Crippen LogP contribution in [0.3, 0.4) is 0 Å². The molecule has 0 radical (unpaired) electrons. The summed E-state index contributed by atoms with van der Waals surface area (Å²) in [5.74, 6) is 0. The van der Waals surface area contributed by atoms with Gasteiger partial charge in [0.05, 0.1) is 0 Å². The van der Waals surface area contributed by atoms with Crippen molar-refractivity contribution in [2.45, 2.75) is 6.92 Å². The van der Waals surface area contributed by atoms with Gasteiger partial charge in [-0.3, -0.25) is 0 Å². The standard InChI is InChI=1S/C7H10BP/c1-5-2-6(8)4-7(9)3-5/h2-4H,8-9H2,1H3. The average Bonchev–Trinajstić information content (AvgIpc) is 1.59. The highest BCUT2D eigenvalue weighted by Gasteiger charge is 1.87.